The number of amides is 1. The molecule has 6 heteroatoms. The van der Waals surface area contributed by atoms with Gasteiger partial charge in [0.15, 0.2) is 5.13 Å². The number of anilines is 1. The van der Waals surface area contributed by atoms with Gasteiger partial charge >= 0.3 is 0 Å². The average molecular weight is 287 g/mol. The van der Waals surface area contributed by atoms with Crippen molar-refractivity contribution in [3.63, 3.8) is 0 Å². The summed E-state index contributed by atoms with van der Waals surface area (Å²) in [6.07, 6.45) is 1.49. The molecule has 3 rings (SSSR count). The van der Waals surface area contributed by atoms with Crippen LogP contribution in [0, 0.1) is 5.95 Å². The van der Waals surface area contributed by atoms with E-state index < -0.39 is 5.95 Å². The van der Waals surface area contributed by atoms with E-state index in [-0.39, 0.29) is 5.91 Å². The first-order valence-electron chi connectivity index (χ1n) is 5.92. The second kappa shape index (κ2) is 4.97. The number of carbonyl (C=O) groups is 1. The van der Waals surface area contributed by atoms with Gasteiger partial charge in [-0.2, -0.15) is 4.39 Å². The van der Waals surface area contributed by atoms with Crippen LogP contribution in [0.4, 0.5) is 9.52 Å². The number of rotatable bonds is 2. The predicted molar refractivity (Wildman–Crippen MR) is 77.1 cm³/mol. The molecule has 2 heterocycles. The normalized spacial score (nSPS) is 10.7. The maximum absolute atomic E-state index is 12.8. The van der Waals surface area contributed by atoms with Crippen molar-refractivity contribution in [3.8, 4) is 11.1 Å². The van der Waals surface area contributed by atoms with Crippen molar-refractivity contribution >= 4 is 32.6 Å². The molecule has 0 aliphatic carbocycles. The first-order chi connectivity index (χ1) is 9.61. The Hall–Kier alpha value is -2.34. The molecule has 0 saturated carbocycles. The molecule has 0 atom stereocenters. The van der Waals surface area contributed by atoms with E-state index in [0.717, 1.165) is 21.3 Å². The van der Waals surface area contributed by atoms with Gasteiger partial charge in [0, 0.05) is 18.7 Å². The summed E-state index contributed by atoms with van der Waals surface area (Å²) in [5.41, 5.74) is 2.59. The maximum Gasteiger partial charge on any atom is 0.223 e. The quantitative estimate of drug-likeness (QED) is 0.734. The first-order valence-corrected chi connectivity index (χ1v) is 6.73. The molecule has 0 spiro atoms. The van der Waals surface area contributed by atoms with Gasteiger partial charge in [-0.25, -0.2) is 9.97 Å². The van der Waals surface area contributed by atoms with Crippen molar-refractivity contribution < 1.29 is 9.18 Å². The highest BCUT2D eigenvalue weighted by Crippen LogP contribution is 2.30. The van der Waals surface area contributed by atoms with Gasteiger partial charge in [0.1, 0.15) is 0 Å². The van der Waals surface area contributed by atoms with Gasteiger partial charge in [0.25, 0.3) is 0 Å². The fraction of sp³-hybridized carbons (Fsp3) is 0.0714. The van der Waals surface area contributed by atoms with Crippen LogP contribution in [0.15, 0.2) is 36.5 Å². The second-order valence-corrected chi connectivity index (χ2v) is 5.28. The molecule has 0 unspecified atom stereocenters. The van der Waals surface area contributed by atoms with Gasteiger partial charge in [0.05, 0.1) is 10.2 Å². The third kappa shape index (κ3) is 2.50. The van der Waals surface area contributed by atoms with Crippen LogP contribution in [-0.4, -0.2) is 15.9 Å². The zero-order chi connectivity index (χ0) is 14.1. The topological polar surface area (TPSA) is 54.9 Å². The van der Waals surface area contributed by atoms with Crippen molar-refractivity contribution in [2.45, 2.75) is 6.92 Å². The molecule has 4 nitrogen and oxygen atoms in total. The maximum atomic E-state index is 12.8. The molecule has 0 aliphatic heterocycles. The first kappa shape index (κ1) is 12.7. The lowest BCUT2D eigenvalue weighted by Crippen LogP contribution is -2.04. The van der Waals surface area contributed by atoms with Gasteiger partial charge in [-0.05, 0) is 29.8 Å². The van der Waals surface area contributed by atoms with Crippen LogP contribution >= 0.6 is 11.3 Å². The highest BCUT2D eigenvalue weighted by atomic mass is 32.1. The SMILES string of the molecule is CC(=O)Nc1nc2ccc(-c3ccc(F)nc3)cc2s1. The second-order valence-electron chi connectivity index (χ2n) is 4.25. The van der Waals surface area contributed by atoms with Crippen LogP contribution < -0.4 is 5.32 Å². The van der Waals surface area contributed by atoms with Crippen LogP contribution in [0.3, 0.4) is 0 Å². The lowest BCUT2D eigenvalue weighted by Gasteiger charge is -2.00. The zero-order valence-corrected chi connectivity index (χ0v) is 11.4. The Balaban J connectivity index is 2.01. The van der Waals surface area contributed by atoms with Gasteiger partial charge in [-0.1, -0.05) is 17.4 Å². The minimum Gasteiger partial charge on any atom is -0.302 e. The van der Waals surface area contributed by atoms with Crippen LogP contribution in [-0.2, 0) is 4.79 Å². The fourth-order valence-electron chi connectivity index (χ4n) is 1.85. The highest BCUT2D eigenvalue weighted by Gasteiger charge is 2.07. The standard InChI is InChI=1S/C14H10FN3OS/c1-8(19)17-14-18-11-4-2-9(6-12(11)20-14)10-3-5-13(15)16-7-10/h2-7H,1H3,(H,17,18,19). The van der Waals surface area contributed by atoms with Gasteiger partial charge in [0.2, 0.25) is 11.9 Å². The molecule has 0 fully saturated rings. The van der Waals surface area contributed by atoms with Crippen molar-refractivity contribution in [2.75, 3.05) is 5.32 Å². The minimum atomic E-state index is -0.499. The van der Waals surface area contributed by atoms with Crippen LogP contribution in [0.2, 0.25) is 0 Å². The summed E-state index contributed by atoms with van der Waals surface area (Å²) in [4.78, 5) is 19.0. The number of hydrogen-bond donors (Lipinski definition) is 1. The summed E-state index contributed by atoms with van der Waals surface area (Å²) in [6, 6.07) is 8.73. The number of halogens is 1. The zero-order valence-electron chi connectivity index (χ0n) is 10.6. The van der Waals surface area contributed by atoms with Crippen LogP contribution in [0.5, 0.6) is 0 Å². The number of thiazole rings is 1. The van der Waals surface area contributed by atoms with Crippen molar-refractivity contribution in [1.29, 1.82) is 0 Å². The molecule has 3 aromatic rings. The average Bonchev–Trinajstić information content (AvgIpc) is 2.79. The molecule has 20 heavy (non-hydrogen) atoms. The Morgan fingerprint density at radius 1 is 1.25 bits per heavy atom. The van der Waals surface area contributed by atoms with Gasteiger partial charge < -0.3 is 5.32 Å². The number of aromatic nitrogens is 2. The number of fused-ring (bicyclic) bond motifs is 1. The van der Waals surface area contributed by atoms with Crippen molar-refractivity contribution in [1.82, 2.24) is 9.97 Å². The molecule has 2 aromatic heterocycles. The summed E-state index contributed by atoms with van der Waals surface area (Å²) in [5.74, 6) is -0.646. The minimum absolute atomic E-state index is 0.146. The molecule has 0 saturated heterocycles. The molecule has 0 aliphatic rings. The smallest absolute Gasteiger partial charge is 0.223 e. The number of nitrogens with zero attached hydrogens (tertiary/aromatic N) is 2. The van der Waals surface area contributed by atoms with Crippen LogP contribution in [0.25, 0.3) is 21.3 Å². The number of nitrogens with one attached hydrogen (secondary N) is 1. The predicted octanol–water partition coefficient (Wildman–Crippen LogP) is 3.46. The van der Waals surface area contributed by atoms with Gasteiger partial charge in [-0.3, -0.25) is 4.79 Å². The van der Waals surface area contributed by atoms with Gasteiger partial charge in [-0.15, -0.1) is 0 Å². The Labute approximate surface area is 118 Å². The Bertz CT molecular complexity index is 783. The van der Waals surface area contributed by atoms with Crippen LogP contribution in [0.1, 0.15) is 6.92 Å². The Morgan fingerprint density at radius 3 is 2.75 bits per heavy atom. The van der Waals surface area contributed by atoms with E-state index in [9.17, 15) is 9.18 Å². The largest absolute Gasteiger partial charge is 0.302 e. The van der Waals surface area contributed by atoms with E-state index in [0.29, 0.717) is 5.13 Å². The molecule has 0 radical (unpaired) electrons. The lowest BCUT2D eigenvalue weighted by molar-refractivity contribution is -0.114. The molecule has 100 valence electrons. The molecule has 1 aromatic carbocycles. The number of hydrogen-bond acceptors (Lipinski definition) is 4. The summed E-state index contributed by atoms with van der Waals surface area (Å²) in [5, 5.41) is 3.24. The highest BCUT2D eigenvalue weighted by molar-refractivity contribution is 7.22. The third-order valence-corrected chi connectivity index (χ3v) is 3.67. The Morgan fingerprint density at radius 2 is 2.05 bits per heavy atom. The summed E-state index contributed by atoms with van der Waals surface area (Å²) in [7, 11) is 0. The third-order valence-electron chi connectivity index (χ3n) is 2.73. The molecular weight excluding hydrogens is 277 g/mol. The molecule has 1 amide bonds. The van der Waals surface area contributed by atoms with E-state index in [1.165, 1.54) is 30.5 Å². The van der Waals surface area contributed by atoms with E-state index in [1.54, 1.807) is 6.07 Å². The lowest BCUT2D eigenvalue weighted by atomic mass is 10.1. The van der Waals surface area contributed by atoms with E-state index in [2.05, 4.69) is 15.3 Å². The number of benzene rings is 1. The fourth-order valence-corrected chi connectivity index (χ4v) is 2.81. The van der Waals surface area contributed by atoms with Crippen molar-refractivity contribution in [2.24, 2.45) is 0 Å². The molecular formula is C14H10FN3OS. The van der Waals surface area contributed by atoms with E-state index in [4.69, 9.17) is 0 Å². The number of carbonyl (C=O) groups excluding carboxylic acids is 1. The summed E-state index contributed by atoms with van der Waals surface area (Å²) >= 11 is 1.40. The number of pyridine rings is 1. The summed E-state index contributed by atoms with van der Waals surface area (Å²) in [6.45, 7) is 1.45. The monoisotopic (exact) mass is 287 g/mol. The Kier molecular flexibility index (Phi) is 3.15. The molecule has 0 bridgehead atoms. The van der Waals surface area contributed by atoms with Crippen molar-refractivity contribution in [3.05, 3.63) is 42.5 Å². The van der Waals surface area contributed by atoms with E-state index in [1.807, 2.05) is 18.2 Å². The van der Waals surface area contributed by atoms with E-state index >= 15 is 0 Å². The summed E-state index contributed by atoms with van der Waals surface area (Å²) < 4.78 is 13.8. The molecule has 1 N–H and O–H groups in total.